The standard InChI is InChI=1S/C22H22F3NO3S/c23-22(24,25)29-17-11-9-16(10-12-17)26-19(30(28)18-7-3-1-4-8-18)15-21(20(26)27)13-5-2-6-14-21/h1,3-4,7-12,19H,2,5-6,13-15H2. The van der Waals surface area contributed by atoms with Gasteiger partial charge >= 0.3 is 6.36 Å². The maximum atomic E-state index is 13.5. The first kappa shape index (κ1) is 21.1. The number of carbonyl (C=O) groups excluding carboxylic acids is 1. The van der Waals surface area contributed by atoms with E-state index >= 15 is 0 Å². The zero-order valence-corrected chi connectivity index (χ0v) is 17.0. The van der Waals surface area contributed by atoms with Gasteiger partial charge in [-0.15, -0.1) is 13.2 Å². The summed E-state index contributed by atoms with van der Waals surface area (Å²) >= 11 is -1.47. The summed E-state index contributed by atoms with van der Waals surface area (Å²) in [6, 6.07) is 14.2. The summed E-state index contributed by atoms with van der Waals surface area (Å²) < 4.78 is 54.8. The van der Waals surface area contributed by atoms with E-state index in [4.69, 9.17) is 0 Å². The Kier molecular flexibility index (Phi) is 5.72. The highest BCUT2D eigenvalue weighted by molar-refractivity contribution is 7.92. The lowest BCUT2D eigenvalue weighted by Gasteiger charge is -2.30. The van der Waals surface area contributed by atoms with E-state index in [1.807, 2.05) is 6.07 Å². The van der Waals surface area contributed by atoms with Gasteiger partial charge < -0.3 is 9.29 Å². The van der Waals surface area contributed by atoms with E-state index in [9.17, 15) is 22.5 Å². The van der Waals surface area contributed by atoms with Crippen LogP contribution in [0.4, 0.5) is 18.9 Å². The molecule has 1 spiro atoms. The lowest BCUT2D eigenvalue weighted by molar-refractivity contribution is -0.274. The van der Waals surface area contributed by atoms with Gasteiger partial charge in [-0.25, -0.2) is 0 Å². The van der Waals surface area contributed by atoms with Crippen molar-refractivity contribution in [2.24, 2.45) is 5.41 Å². The van der Waals surface area contributed by atoms with Gasteiger partial charge in [0.05, 0.1) is 5.41 Å². The highest BCUT2D eigenvalue weighted by Gasteiger charge is 2.56. The van der Waals surface area contributed by atoms with Crippen molar-refractivity contribution >= 4 is 22.8 Å². The van der Waals surface area contributed by atoms with Crippen LogP contribution in [-0.4, -0.2) is 22.2 Å². The molecule has 0 aromatic heterocycles. The molecule has 0 radical (unpaired) electrons. The number of hydrogen-bond acceptors (Lipinski definition) is 3. The zero-order valence-electron chi connectivity index (χ0n) is 16.2. The molecule has 160 valence electrons. The molecule has 4 nitrogen and oxygen atoms in total. The minimum Gasteiger partial charge on any atom is -0.610 e. The van der Waals surface area contributed by atoms with E-state index in [0.29, 0.717) is 17.0 Å². The molecule has 4 rings (SSSR count). The Balaban J connectivity index is 1.67. The van der Waals surface area contributed by atoms with Gasteiger partial charge in [-0.3, -0.25) is 9.69 Å². The second-order valence-corrected chi connectivity index (χ2v) is 9.44. The summed E-state index contributed by atoms with van der Waals surface area (Å²) in [6.45, 7) is 0. The molecule has 2 fully saturated rings. The highest BCUT2D eigenvalue weighted by atomic mass is 32.2. The van der Waals surface area contributed by atoms with Crippen LogP contribution in [0.2, 0.25) is 0 Å². The average molecular weight is 437 g/mol. The first-order valence-corrected chi connectivity index (χ1v) is 11.2. The molecule has 30 heavy (non-hydrogen) atoms. The van der Waals surface area contributed by atoms with Gasteiger partial charge in [0.25, 0.3) is 0 Å². The van der Waals surface area contributed by atoms with Crippen LogP contribution in [0.3, 0.4) is 0 Å². The fourth-order valence-electron chi connectivity index (χ4n) is 4.52. The van der Waals surface area contributed by atoms with E-state index in [1.165, 1.54) is 29.2 Å². The molecular formula is C22H22F3NO3S. The van der Waals surface area contributed by atoms with Gasteiger partial charge in [0, 0.05) is 23.3 Å². The maximum absolute atomic E-state index is 13.5. The SMILES string of the molecule is O=C1N(c2ccc(OC(F)(F)F)cc2)C([S+]([O-])c2ccccc2)CC12CCCCC2. The number of alkyl halides is 3. The smallest absolute Gasteiger partial charge is 0.573 e. The van der Waals surface area contributed by atoms with E-state index in [1.54, 1.807) is 24.3 Å². The summed E-state index contributed by atoms with van der Waals surface area (Å²) in [5.41, 5.74) is -0.111. The molecule has 2 unspecified atom stereocenters. The van der Waals surface area contributed by atoms with Crippen LogP contribution in [0, 0.1) is 5.41 Å². The first-order valence-electron chi connectivity index (χ1n) is 9.94. The molecule has 1 saturated carbocycles. The highest BCUT2D eigenvalue weighted by Crippen LogP contribution is 2.50. The molecule has 1 aliphatic carbocycles. The van der Waals surface area contributed by atoms with E-state index in [2.05, 4.69) is 4.74 Å². The van der Waals surface area contributed by atoms with Crippen LogP contribution in [0.25, 0.3) is 0 Å². The lowest BCUT2D eigenvalue weighted by atomic mass is 9.73. The summed E-state index contributed by atoms with van der Waals surface area (Å²) in [6.07, 6.45) is 0.166. The molecule has 1 heterocycles. The van der Waals surface area contributed by atoms with Crippen LogP contribution in [0.1, 0.15) is 38.5 Å². The van der Waals surface area contributed by atoms with Crippen molar-refractivity contribution < 1.29 is 27.3 Å². The summed E-state index contributed by atoms with van der Waals surface area (Å²) in [5, 5.41) is -0.563. The minimum atomic E-state index is -4.78. The quantitative estimate of drug-likeness (QED) is 0.602. The molecule has 2 aromatic rings. The van der Waals surface area contributed by atoms with Crippen molar-refractivity contribution in [2.75, 3.05) is 4.90 Å². The maximum Gasteiger partial charge on any atom is 0.573 e. The van der Waals surface area contributed by atoms with E-state index in [0.717, 1.165) is 32.1 Å². The molecule has 2 aromatic carbocycles. The molecule has 2 aliphatic rings. The molecule has 1 saturated heterocycles. The average Bonchev–Trinajstić information content (AvgIpc) is 3.00. The van der Waals surface area contributed by atoms with Gasteiger partial charge in [-0.1, -0.05) is 37.5 Å². The fourth-order valence-corrected chi connectivity index (χ4v) is 6.14. The number of carbonyl (C=O) groups is 1. The normalized spacial score (nSPS) is 22.3. The predicted molar refractivity (Wildman–Crippen MR) is 107 cm³/mol. The van der Waals surface area contributed by atoms with Crippen molar-refractivity contribution in [2.45, 2.75) is 55.2 Å². The van der Waals surface area contributed by atoms with Crippen molar-refractivity contribution in [3.05, 3.63) is 54.6 Å². The fraction of sp³-hybridized carbons (Fsp3) is 0.409. The van der Waals surface area contributed by atoms with Crippen molar-refractivity contribution in [1.82, 2.24) is 0 Å². The minimum absolute atomic E-state index is 0.0824. The number of rotatable bonds is 4. The predicted octanol–water partition coefficient (Wildman–Crippen LogP) is 5.41. The molecule has 8 heteroatoms. The van der Waals surface area contributed by atoms with Gasteiger partial charge in [0.2, 0.25) is 11.3 Å². The third-order valence-corrected chi connectivity index (χ3v) is 7.52. The first-order chi connectivity index (χ1) is 14.3. The Morgan fingerprint density at radius 2 is 1.63 bits per heavy atom. The second kappa shape index (κ2) is 8.15. The monoisotopic (exact) mass is 437 g/mol. The molecular weight excluding hydrogens is 415 g/mol. The van der Waals surface area contributed by atoms with E-state index < -0.39 is 28.3 Å². The van der Waals surface area contributed by atoms with Gasteiger partial charge in [0.1, 0.15) is 5.75 Å². The lowest BCUT2D eigenvalue weighted by Crippen LogP contribution is -2.40. The molecule has 1 aliphatic heterocycles. The third-order valence-electron chi connectivity index (χ3n) is 5.91. The largest absolute Gasteiger partial charge is 0.610 e. The van der Waals surface area contributed by atoms with Crippen molar-refractivity contribution in [3.63, 3.8) is 0 Å². The van der Waals surface area contributed by atoms with Crippen molar-refractivity contribution in [3.8, 4) is 5.75 Å². The number of halogens is 3. The topological polar surface area (TPSA) is 52.6 Å². The van der Waals surface area contributed by atoms with Crippen LogP contribution < -0.4 is 9.64 Å². The van der Waals surface area contributed by atoms with Gasteiger partial charge in [-0.2, -0.15) is 0 Å². The number of ether oxygens (including phenoxy) is 1. The third kappa shape index (κ3) is 4.16. The Bertz CT molecular complexity index is 883. The number of nitrogens with zero attached hydrogens (tertiary/aromatic N) is 1. The Morgan fingerprint density at radius 1 is 1.00 bits per heavy atom. The van der Waals surface area contributed by atoms with Crippen LogP contribution in [0.5, 0.6) is 5.75 Å². The van der Waals surface area contributed by atoms with E-state index in [-0.39, 0.29) is 11.7 Å². The molecule has 2 atom stereocenters. The van der Waals surface area contributed by atoms with Gasteiger partial charge in [0.15, 0.2) is 4.90 Å². The molecule has 0 bridgehead atoms. The molecule has 0 N–H and O–H groups in total. The summed E-state index contributed by atoms with van der Waals surface area (Å²) in [5.74, 6) is -0.438. The summed E-state index contributed by atoms with van der Waals surface area (Å²) in [4.78, 5) is 15.7. The Labute approximate surface area is 176 Å². The van der Waals surface area contributed by atoms with Crippen LogP contribution >= 0.6 is 0 Å². The molecule has 1 amide bonds. The summed E-state index contributed by atoms with van der Waals surface area (Å²) in [7, 11) is 0. The van der Waals surface area contributed by atoms with Crippen molar-refractivity contribution in [1.29, 1.82) is 0 Å². The van der Waals surface area contributed by atoms with Gasteiger partial charge in [-0.05, 0) is 49.2 Å². The number of benzene rings is 2. The zero-order chi connectivity index (χ0) is 21.4. The number of amides is 1. The number of anilines is 1. The number of hydrogen-bond donors (Lipinski definition) is 0. The van der Waals surface area contributed by atoms with Crippen LogP contribution in [0.15, 0.2) is 59.5 Å². The second-order valence-electron chi connectivity index (χ2n) is 7.83. The Morgan fingerprint density at radius 3 is 2.23 bits per heavy atom. The Hall–Kier alpha value is -2.19. The van der Waals surface area contributed by atoms with Crippen LogP contribution in [-0.2, 0) is 16.0 Å².